The second-order valence-corrected chi connectivity index (χ2v) is 6.96. The van der Waals surface area contributed by atoms with Crippen molar-refractivity contribution < 1.29 is 23.0 Å². The van der Waals surface area contributed by atoms with E-state index in [2.05, 4.69) is 33.5 Å². The van der Waals surface area contributed by atoms with Crippen molar-refractivity contribution in [1.82, 2.24) is 14.9 Å². The molecule has 0 aliphatic carbocycles. The summed E-state index contributed by atoms with van der Waals surface area (Å²) >= 11 is 0. The summed E-state index contributed by atoms with van der Waals surface area (Å²) in [6.07, 6.45) is 7.20. The average Bonchev–Trinajstić information content (AvgIpc) is 3.11. The molecule has 0 aromatic carbocycles. The van der Waals surface area contributed by atoms with E-state index in [-0.39, 0.29) is 17.5 Å². The zero-order valence-electron chi connectivity index (χ0n) is 14.7. The first-order valence-electron chi connectivity index (χ1n) is 8.76. The number of ether oxygens (including phenoxy) is 3. The van der Waals surface area contributed by atoms with Crippen LogP contribution in [0.4, 0.5) is 8.78 Å². The number of alkyl halides is 2. The van der Waals surface area contributed by atoms with E-state index in [0.29, 0.717) is 18.5 Å². The smallest absolute Gasteiger partial charge is 0.388 e. The van der Waals surface area contributed by atoms with Crippen LogP contribution in [0.5, 0.6) is 11.8 Å². The van der Waals surface area contributed by atoms with Gasteiger partial charge >= 0.3 is 6.61 Å². The van der Waals surface area contributed by atoms with Crippen LogP contribution in [-0.2, 0) is 4.74 Å². The molecule has 3 heterocycles. The van der Waals surface area contributed by atoms with E-state index in [9.17, 15) is 8.78 Å². The number of hydrogen-bond acceptors (Lipinski definition) is 6. The van der Waals surface area contributed by atoms with Gasteiger partial charge < -0.3 is 14.2 Å². The first kappa shape index (κ1) is 18.3. The molecule has 0 amide bonds. The van der Waals surface area contributed by atoms with Crippen LogP contribution < -0.4 is 9.47 Å². The van der Waals surface area contributed by atoms with Gasteiger partial charge in [0.15, 0.2) is 0 Å². The normalized spacial score (nSPS) is 26.4. The summed E-state index contributed by atoms with van der Waals surface area (Å²) in [6, 6.07) is 0.317. The fraction of sp³-hybridized carbons (Fsp3) is 0.765. The highest BCUT2D eigenvalue weighted by Gasteiger charge is 2.49. The number of hydrogen-bond donors (Lipinski definition) is 0. The van der Waals surface area contributed by atoms with Crippen molar-refractivity contribution in [3.8, 4) is 11.8 Å². The van der Waals surface area contributed by atoms with E-state index in [0.717, 1.165) is 38.6 Å². The molecule has 1 unspecified atom stereocenters. The topological polar surface area (TPSA) is 56.7 Å². The Morgan fingerprint density at radius 2 is 2.00 bits per heavy atom. The van der Waals surface area contributed by atoms with Crippen molar-refractivity contribution >= 4 is 0 Å². The van der Waals surface area contributed by atoms with E-state index >= 15 is 0 Å². The molecule has 3 rings (SSSR count). The van der Waals surface area contributed by atoms with E-state index < -0.39 is 6.61 Å². The van der Waals surface area contributed by atoms with Gasteiger partial charge in [0, 0.05) is 11.6 Å². The molecule has 2 aliphatic heterocycles. The Morgan fingerprint density at radius 1 is 1.24 bits per heavy atom. The molecule has 2 fully saturated rings. The molecule has 0 N–H and O–H groups in total. The molecule has 0 radical (unpaired) electrons. The van der Waals surface area contributed by atoms with Crippen LogP contribution >= 0.6 is 0 Å². The zero-order chi connectivity index (χ0) is 17.9. The average molecular weight is 357 g/mol. The molecular formula is C17H25F2N3O3. The molecule has 140 valence electrons. The molecular weight excluding hydrogens is 332 g/mol. The maximum Gasteiger partial charge on any atom is 0.388 e. The lowest BCUT2D eigenvalue weighted by atomic mass is 9.95. The Kier molecular flexibility index (Phi) is 5.68. The molecule has 0 bridgehead atoms. The molecule has 0 saturated carbocycles. The molecule has 1 aromatic rings. The fourth-order valence-corrected chi connectivity index (χ4v) is 3.82. The summed E-state index contributed by atoms with van der Waals surface area (Å²) in [4.78, 5) is 10.2. The predicted molar refractivity (Wildman–Crippen MR) is 86.9 cm³/mol. The van der Waals surface area contributed by atoms with Crippen LogP contribution in [0.2, 0.25) is 0 Å². The first-order chi connectivity index (χ1) is 12.0. The van der Waals surface area contributed by atoms with Crippen LogP contribution in [0.25, 0.3) is 0 Å². The van der Waals surface area contributed by atoms with Gasteiger partial charge in [0.05, 0.1) is 25.1 Å². The standard InChI is InChI=1S/C17H25F2N3O3/c1-12(2)24-11-17-5-3-7-22(17)13(4-6-17)10-23-14-8-21-15(9-20-14)25-16(18)19/h8-9,12-13,16H,3-7,10-11H2,1-2H3/t13-,17?/m0/s1. The third-order valence-electron chi connectivity index (χ3n) is 4.96. The van der Waals surface area contributed by atoms with Crippen molar-refractivity contribution in [1.29, 1.82) is 0 Å². The Labute approximate surface area is 146 Å². The van der Waals surface area contributed by atoms with E-state index in [4.69, 9.17) is 9.47 Å². The Balaban J connectivity index is 1.53. The fourth-order valence-electron chi connectivity index (χ4n) is 3.82. The van der Waals surface area contributed by atoms with Gasteiger partial charge in [-0.3, -0.25) is 4.90 Å². The number of fused-ring (bicyclic) bond motifs is 1. The minimum absolute atomic E-state index is 0.138. The van der Waals surface area contributed by atoms with E-state index in [1.165, 1.54) is 12.6 Å². The third-order valence-corrected chi connectivity index (χ3v) is 4.96. The zero-order valence-corrected chi connectivity index (χ0v) is 14.7. The van der Waals surface area contributed by atoms with Crippen molar-refractivity contribution in [2.24, 2.45) is 0 Å². The second kappa shape index (κ2) is 7.78. The minimum atomic E-state index is -2.91. The summed E-state index contributed by atoms with van der Waals surface area (Å²) in [7, 11) is 0. The molecule has 6 nitrogen and oxygen atoms in total. The third kappa shape index (κ3) is 4.36. The van der Waals surface area contributed by atoms with Crippen LogP contribution in [-0.4, -0.2) is 58.9 Å². The van der Waals surface area contributed by atoms with E-state index in [1.54, 1.807) is 0 Å². The van der Waals surface area contributed by atoms with Gasteiger partial charge in [-0.2, -0.15) is 8.78 Å². The van der Waals surface area contributed by atoms with Gasteiger partial charge in [-0.15, -0.1) is 0 Å². The Bertz CT molecular complexity index is 559. The predicted octanol–water partition coefficient (Wildman–Crippen LogP) is 2.88. The quantitative estimate of drug-likeness (QED) is 0.713. The summed E-state index contributed by atoms with van der Waals surface area (Å²) in [5, 5.41) is 0. The minimum Gasteiger partial charge on any atom is -0.475 e. The number of rotatable bonds is 8. The summed E-state index contributed by atoms with van der Waals surface area (Å²) in [5.41, 5.74) is 0.138. The van der Waals surface area contributed by atoms with Gasteiger partial charge in [0.25, 0.3) is 0 Å². The Morgan fingerprint density at radius 3 is 2.68 bits per heavy atom. The molecule has 2 saturated heterocycles. The van der Waals surface area contributed by atoms with E-state index in [1.807, 2.05) is 0 Å². The highest BCUT2D eigenvalue weighted by Crippen LogP contribution is 2.42. The summed E-state index contributed by atoms with van der Waals surface area (Å²) in [6.45, 7) is 3.55. The highest BCUT2D eigenvalue weighted by molar-refractivity contribution is 5.12. The van der Waals surface area contributed by atoms with Crippen LogP contribution in [0, 0.1) is 0 Å². The van der Waals surface area contributed by atoms with Crippen molar-refractivity contribution in [3.05, 3.63) is 12.4 Å². The molecule has 25 heavy (non-hydrogen) atoms. The summed E-state index contributed by atoms with van der Waals surface area (Å²) < 4.78 is 40.0. The molecule has 1 aromatic heterocycles. The lowest BCUT2D eigenvalue weighted by molar-refractivity contribution is -0.0532. The molecule has 2 aliphatic rings. The number of nitrogens with zero attached hydrogens (tertiary/aromatic N) is 3. The molecule has 8 heteroatoms. The van der Waals surface area contributed by atoms with Gasteiger partial charge in [-0.05, 0) is 46.1 Å². The lowest BCUT2D eigenvalue weighted by Gasteiger charge is -2.35. The van der Waals surface area contributed by atoms with Crippen LogP contribution in [0.3, 0.4) is 0 Å². The van der Waals surface area contributed by atoms with Crippen LogP contribution in [0.15, 0.2) is 12.4 Å². The maximum atomic E-state index is 12.1. The van der Waals surface area contributed by atoms with Gasteiger partial charge in [-0.1, -0.05) is 0 Å². The number of halogens is 2. The monoisotopic (exact) mass is 357 g/mol. The lowest BCUT2D eigenvalue weighted by Crippen LogP contribution is -2.47. The SMILES string of the molecule is CC(C)OCC12CCCN1[C@H](COc1cnc(OC(F)F)cn1)CC2. The van der Waals surface area contributed by atoms with Crippen molar-refractivity contribution in [2.75, 3.05) is 19.8 Å². The number of aromatic nitrogens is 2. The summed E-state index contributed by atoms with van der Waals surface area (Å²) in [5.74, 6) is 0.101. The van der Waals surface area contributed by atoms with Crippen LogP contribution in [0.1, 0.15) is 39.5 Å². The first-order valence-corrected chi connectivity index (χ1v) is 8.76. The molecule has 0 spiro atoms. The van der Waals surface area contributed by atoms with Crippen molar-refractivity contribution in [2.45, 2.75) is 63.8 Å². The van der Waals surface area contributed by atoms with Gasteiger partial charge in [0.1, 0.15) is 6.61 Å². The van der Waals surface area contributed by atoms with Gasteiger partial charge in [-0.25, -0.2) is 9.97 Å². The van der Waals surface area contributed by atoms with Gasteiger partial charge in [0.2, 0.25) is 11.8 Å². The largest absolute Gasteiger partial charge is 0.475 e. The highest BCUT2D eigenvalue weighted by atomic mass is 19.3. The molecule has 2 atom stereocenters. The maximum absolute atomic E-state index is 12.1. The second-order valence-electron chi connectivity index (χ2n) is 6.96. The van der Waals surface area contributed by atoms with Crippen molar-refractivity contribution in [3.63, 3.8) is 0 Å². The Hall–Kier alpha value is -1.54.